The molecule has 4 heterocycles. The molecule has 0 N–H and O–H groups in total. The fourth-order valence-electron chi connectivity index (χ4n) is 4.26. The molecule has 1 aliphatic rings. The molecule has 0 aliphatic carbocycles. The average molecular weight is 374 g/mol. The van der Waals surface area contributed by atoms with Crippen molar-refractivity contribution in [2.75, 3.05) is 6.54 Å². The highest BCUT2D eigenvalue weighted by Gasteiger charge is 2.26. The number of rotatable bonds is 4. The smallest absolute Gasteiger partial charge is 0.103 e. The molecule has 0 bridgehead atoms. The number of aromatic nitrogens is 2. The van der Waals surface area contributed by atoms with Crippen molar-refractivity contribution >= 4 is 21.6 Å². The second kappa shape index (κ2) is 6.95. The van der Waals surface area contributed by atoms with Crippen molar-refractivity contribution in [3.05, 3.63) is 88.2 Å². The predicted octanol–water partition coefficient (Wildman–Crippen LogP) is 5.01. The van der Waals surface area contributed by atoms with Crippen molar-refractivity contribution in [1.29, 1.82) is 0 Å². The quantitative estimate of drug-likeness (QED) is 0.501. The first-order valence-corrected chi connectivity index (χ1v) is 10.4. The summed E-state index contributed by atoms with van der Waals surface area (Å²) in [7, 11) is 0. The van der Waals surface area contributed by atoms with E-state index in [0.29, 0.717) is 0 Å². The summed E-state index contributed by atoms with van der Waals surface area (Å²) in [4.78, 5) is 8.18. The van der Waals surface area contributed by atoms with E-state index in [1.165, 1.54) is 32.6 Å². The van der Waals surface area contributed by atoms with Gasteiger partial charge >= 0.3 is 0 Å². The molecule has 3 aromatic heterocycles. The summed E-state index contributed by atoms with van der Waals surface area (Å²) in [5.74, 6) is 0. The van der Waals surface area contributed by atoms with Gasteiger partial charge in [-0.1, -0.05) is 30.3 Å². The van der Waals surface area contributed by atoms with Gasteiger partial charge in [0.15, 0.2) is 0 Å². The number of aryl methyl sites for hydroxylation is 1. The lowest BCUT2D eigenvalue weighted by Gasteiger charge is -2.28. The average Bonchev–Trinajstić information content (AvgIpc) is 3.22. The topological polar surface area (TPSA) is 21.1 Å². The maximum atomic E-state index is 4.17. The van der Waals surface area contributed by atoms with E-state index in [1.807, 2.05) is 23.7 Å². The van der Waals surface area contributed by atoms with E-state index in [-0.39, 0.29) is 0 Å². The van der Waals surface area contributed by atoms with Gasteiger partial charge in [-0.05, 0) is 46.7 Å². The van der Waals surface area contributed by atoms with E-state index in [0.717, 1.165) is 32.6 Å². The first-order chi connectivity index (χ1) is 13.3. The van der Waals surface area contributed by atoms with Gasteiger partial charge in [0.25, 0.3) is 0 Å². The molecule has 0 saturated heterocycles. The molecule has 0 amide bonds. The van der Waals surface area contributed by atoms with Crippen LogP contribution in [0.1, 0.15) is 27.9 Å². The molecular formula is C23H23N3S. The molecule has 27 heavy (non-hydrogen) atoms. The first-order valence-electron chi connectivity index (χ1n) is 9.53. The Balaban J connectivity index is 1.51. The molecule has 0 radical (unpaired) electrons. The van der Waals surface area contributed by atoms with Crippen LogP contribution in [0.4, 0.5) is 0 Å². The van der Waals surface area contributed by atoms with Gasteiger partial charge in [-0.3, -0.25) is 9.88 Å². The molecule has 0 fully saturated rings. The fraction of sp³-hybridized carbons (Fsp3) is 0.261. The van der Waals surface area contributed by atoms with E-state index in [1.54, 1.807) is 5.56 Å². The Labute approximate surface area is 163 Å². The number of pyridine rings is 1. The van der Waals surface area contributed by atoms with Gasteiger partial charge in [-0.25, -0.2) is 0 Å². The highest BCUT2D eigenvalue weighted by atomic mass is 32.1. The Kier molecular flexibility index (Phi) is 4.30. The molecule has 1 aliphatic heterocycles. The lowest BCUT2D eigenvalue weighted by molar-refractivity contribution is 0.243. The lowest BCUT2D eigenvalue weighted by Crippen LogP contribution is -2.30. The minimum Gasteiger partial charge on any atom is -0.332 e. The number of nitrogens with zero attached hydrogens (tertiary/aromatic N) is 3. The summed E-state index contributed by atoms with van der Waals surface area (Å²) in [6, 6.07) is 15.1. The fourth-order valence-corrected chi connectivity index (χ4v) is 5.37. The van der Waals surface area contributed by atoms with Crippen LogP contribution in [0, 0.1) is 6.92 Å². The van der Waals surface area contributed by atoms with Crippen molar-refractivity contribution in [3.63, 3.8) is 0 Å². The molecule has 0 spiro atoms. The summed E-state index contributed by atoms with van der Waals surface area (Å²) in [5.41, 5.74) is 7.21. The normalized spacial score (nSPS) is 14.6. The third-order valence-corrected chi connectivity index (χ3v) is 6.68. The Morgan fingerprint density at radius 3 is 2.59 bits per heavy atom. The second-order valence-corrected chi connectivity index (χ2v) is 8.27. The van der Waals surface area contributed by atoms with Gasteiger partial charge in [0.1, 0.15) is 4.83 Å². The van der Waals surface area contributed by atoms with Crippen LogP contribution in [0.2, 0.25) is 0 Å². The number of thiophene rings is 1. The molecule has 1 aromatic carbocycles. The van der Waals surface area contributed by atoms with E-state index in [4.69, 9.17) is 0 Å². The van der Waals surface area contributed by atoms with Crippen LogP contribution in [0.15, 0.2) is 60.2 Å². The van der Waals surface area contributed by atoms with Crippen LogP contribution < -0.4 is 0 Å². The molecule has 4 heteroatoms. The second-order valence-electron chi connectivity index (χ2n) is 7.41. The van der Waals surface area contributed by atoms with Crippen LogP contribution in [0.25, 0.3) is 10.2 Å². The summed E-state index contributed by atoms with van der Waals surface area (Å²) >= 11 is 1.89. The third kappa shape index (κ3) is 3.09. The zero-order valence-corrected chi connectivity index (χ0v) is 16.4. The van der Waals surface area contributed by atoms with E-state index < -0.39 is 0 Å². The Bertz CT molecular complexity index is 1060. The summed E-state index contributed by atoms with van der Waals surface area (Å²) in [5, 5.41) is 3.80. The molecule has 4 aromatic rings. The van der Waals surface area contributed by atoms with Gasteiger partial charge in [0.05, 0.1) is 0 Å². The molecule has 0 atom stereocenters. The van der Waals surface area contributed by atoms with Crippen LogP contribution in [0.5, 0.6) is 0 Å². The summed E-state index contributed by atoms with van der Waals surface area (Å²) in [6.07, 6.45) is 4.90. The third-order valence-electron chi connectivity index (χ3n) is 5.56. The number of fused-ring (bicyclic) bond motifs is 3. The van der Waals surface area contributed by atoms with E-state index in [9.17, 15) is 0 Å². The minimum absolute atomic E-state index is 0.937. The van der Waals surface area contributed by atoms with Crippen LogP contribution in [0.3, 0.4) is 0 Å². The lowest BCUT2D eigenvalue weighted by atomic mass is 10.0. The zero-order chi connectivity index (χ0) is 18.2. The summed E-state index contributed by atoms with van der Waals surface area (Å²) in [6.45, 7) is 6.38. The maximum Gasteiger partial charge on any atom is 0.103 e. The maximum absolute atomic E-state index is 4.17. The van der Waals surface area contributed by atoms with Gasteiger partial charge in [0.2, 0.25) is 0 Å². The number of benzene rings is 1. The van der Waals surface area contributed by atoms with Gasteiger partial charge in [-0.15, -0.1) is 11.3 Å². The number of hydrogen-bond donors (Lipinski definition) is 0. The first kappa shape index (κ1) is 16.7. The van der Waals surface area contributed by atoms with Crippen molar-refractivity contribution in [1.82, 2.24) is 14.5 Å². The van der Waals surface area contributed by atoms with Gasteiger partial charge in [-0.2, -0.15) is 0 Å². The monoisotopic (exact) mass is 373 g/mol. The predicted molar refractivity (Wildman–Crippen MR) is 112 cm³/mol. The van der Waals surface area contributed by atoms with Crippen LogP contribution in [-0.4, -0.2) is 21.0 Å². The molecule has 0 unspecified atom stereocenters. The number of hydrogen-bond acceptors (Lipinski definition) is 3. The van der Waals surface area contributed by atoms with E-state index >= 15 is 0 Å². The molecule has 0 saturated carbocycles. The molecule has 3 nitrogen and oxygen atoms in total. The minimum atomic E-state index is 0.937. The van der Waals surface area contributed by atoms with Crippen molar-refractivity contribution in [3.8, 4) is 0 Å². The van der Waals surface area contributed by atoms with E-state index in [2.05, 4.69) is 69.2 Å². The van der Waals surface area contributed by atoms with Gasteiger partial charge < -0.3 is 4.57 Å². The highest BCUT2D eigenvalue weighted by molar-refractivity contribution is 7.17. The molecular weight excluding hydrogens is 350 g/mol. The standard InChI is InChI=1S/C23H23N3S/c1-17-16-27-23-22(17)20-15-25(13-18-5-3-2-4-6-18)12-9-21(20)26(23)14-19-7-10-24-11-8-19/h2-8,10-11,16H,9,12-15H2,1H3. The zero-order valence-electron chi connectivity index (χ0n) is 15.6. The largest absolute Gasteiger partial charge is 0.332 e. The summed E-state index contributed by atoms with van der Waals surface area (Å²) < 4.78 is 2.55. The van der Waals surface area contributed by atoms with Crippen LogP contribution >= 0.6 is 11.3 Å². The SMILES string of the molecule is Cc1csc2c1c1c(n2Cc2ccncc2)CCN(Cc2ccccc2)C1. The van der Waals surface area contributed by atoms with Crippen LogP contribution in [-0.2, 0) is 26.1 Å². The highest BCUT2D eigenvalue weighted by Crippen LogP contribution is 2.37. The Morgan fingerprint density at radius 1 is 1.00 bits per heavy atom. The Hall–Kier alpha value is -2.43. The molecule has 136 valence electrons. The van der Waals surface area contributed by atoms with Crippen molar-refractivity contribution in [2.45, 2.75) is 33.0 Å². The van der Waals surface area contributed by atoms with Gasteiger partial charge in [0, 0.05) is 56.1 Å². The Morgan fingerprint density at radius 2 is 1.78 bits per heavy atom. The van der Waals surface area contributed by atoms with Crippen molar-refractivity contribution < 1.29 is 0 Å². The molecule has 5 rings (SSSR count). The van der Waals surface area contributed by atoms with Crippen molar-refractivity contribution in [2.24, 2.45) is 0 Å².